The van der Waals surface area contributed by atoms with Crippen LogP contribution in [0.2, 0.25) is 0 Å². The van der Waals surface area contributed by atoms with Crippen LogP contribution in [0.15, 0.2) is 11.6 Å². The molecule has 0 aromatic carbocycles. The van der Waals surface area contributed by atoms with Crippen LogP contribution in [0.3, 0.4) is 0 Å². The van der Waals surface area contributed by atoms with Crippen LogP contribution in [0.5, 0.6) is 0 Å². The van der Waals surface area contributed by atoms with Crippen molar-refractivity contribution < 1.29 is 4.79 Å². The number of nitriles is 1. The number of carbonyl (C=O) groups is 1. The number of allylic oxidation sites excluding steroid dienone is 1. The molecular weight excluding hydrogens is 394 g/mol. The van der Waals surface area contributed by atoms with Crippen molar-refractivity contribution in [3.8, 4) is 6.07 Å². The molecule has 1 spiro atoms. The van der Waals surface area contributed by atoms with E-state index in [0.29, 0.717) is 35.8 Å². The highest BCUT2D eigenvalue weighted by atomic mass is 16.2. The highest BCUT2D eigenvalue weighted by Crippen LogP contribution is 2.65. The van der Waals surface area contributed by atoms with Gasteiger partial charge in [0.15, 0.2) is 0 Å². The fourth-order valence-corrected chi connectivity index (χ4v) is 8.84. The highest BCUT2D eigenvalue weighted by molar-refractivity contribution is 5.76. The zero-order valence-corrected chi connectivity index (χ0v) is 21.4. The van der Waals surface area contributed by atoms with Gasteiger partial charge in [-0.25, -0.2) is 0 Å². The fraction of sp³-hybridized carbons (Fsp3) is 0.857. The monoisotopic (exact) mass is 439 g/mol. The number of nitrogens with zero attached hydrogens (tertiary/aromatic N) is 3. The zero-order chi connectivity index (χ0) is 23.3. The topological polar surface area (TPSA) is 47.3 Å². The van der Waals surface area contributed by atoms with Gasteiger partial charge in [0, 0.05) is 38.5 Å². The first-order valence-electron chi connectivity index (χ1n) is 13.2. The minimum Gasteiger partial charge on any atom is -0.342 e. The maximum Gasteiger partial charge on any atom is 0.223 e. The summed E-state index contributed by atoms with van der Waals surface area (Å²) in [6.07, 6.45) is 11.9. The number of fused-ring (bicyclic) bond motifs is 3. The summed E-state index contributed by atoms with van der Waals surface area (Å²) in [5.74, 6) is 3.35. The molecule has 0 radical (unpaired) electrons. The molecule has 4 heteroatoms. The second kappa shape index (κ2) is 8.79. The van der Waals surface area contributed by atoms with E-state index in [-0.39, 0.29) is 5.91 Å². The van der Waals surface area contributed by atoms with Crippen molar-refractivity contribution in [1.82, 2.24) is 9.80 Å². The van der Waals surface area contributed by atoms with Gasteiger partial charge in [-0.3, -0.25) is 4.79 Å². The van der Waals surface area contributed by atoms with E-state index in [1.807, 2.05) is 11.9 Å². The molecule has 8 atom stereocenters. The molecule has 1 aliphatic heterocycles. The molecule has 32 heavy (non-hydrogen) atoms. The van der Waals surface area contributed by atoms with Crippen LogP contribution in [0.25, 0.3) is 0 Å². The summed E-state index contributed by atoms with van der Waals surface area (Å²) in [6, 6.07) is 3.11. The first-order valence-corrected chi connectivity index (χ1v) is 13.2. The molecule has 0 aromatic rings. The van der Waals surface area contributed by atoms with E-state index in [1.165, 1.54) is 38.6 Å². The van der Waals surface area contributed by atoms with Gasteiger partial charge in [-0.05, 0) is 87.0 Å². The SMILES string of the molecule is CCC1C2CC=C3CC(N(C)C(=O)CCC#N)CCC3(C)C2CCC12CN(C)C(C)C2C. The number of hydrogen-bond acceptors (Lipinski definition) is 3. The molecule has 178 valence electrons. The zero-order valence-electron chi connectivity index (χ0n) is 21.4. The minimum atomic E-state index is 0.133. The van der Waals surface area contributed by atoms with Gasteiger partial charge >= 0.3 is 0 Å². The summed E-state index contributed by atoms with van der Waals surface area (Å²) in [5, 5.41) is 8.84. The van der Waals surface area contributed by atoms with E-state index in [4.69, 9.17) is 5.26 Å². The summed E-state index contributed by atoms with van der Waals surface area (Å²) in [4.78, 5) is 17.1. The van der Waals surface area contributed by atoms with Gasteiger partial charge in [0.2, 0.25) is 5.91 Å². The lowest BCUT2D eigenvalue weighted by Gasteiger charge is -2.60. The maximum absolute atomic E-state index is 12.5. The summed E-state index contributed by atoms with van der Waals surface area (Å²) in [6.45, 7) is 11.3. The molecule has 1 amide bonds. The van der Waals surface area contributed by atoms with E-state index >= 15 is 0 Å². The number of rotatable bonds is 4. The largest absolute Gasteiger partial charge is 0.342 e. The van der Waals surface area contributed by atoms with E-state index in [2.05, 4.69) is 51.8 Å². The molecule has 0 aromatic heterocycles. The summed E-state index contributed by atoms with van der Waals surface area (Å²) < 4.78 is 0. The Morgan fingerprint density at radius 2 is 2.06 bits per heavy atom. The number of likely N-dealkylation sites (tertiary alicyclic amines) is 1. The van der Waals surface area contributed by atoms with Crippen LogP contribution < -0.4 is 0 Å². The lowest BCUT2D eigenvalue weighted by atomic mass is 9.45. The van der Waals surface area contributed by atoms with Crippen molar-refractivity contribution >= 4 is 5.91 Å². The predicted octanol–water partition coefficient (Wildman–Crippen LogP) is 5.65. The summed E-state index contributed by atoms with van der Waals surface area (Å²) in [7, 11) is 4.29. The average molecular weight is 440 g/mol. The molecule has 3 aliphatic carbocycles. The summed E-state index contributed by atoms with van der Waals surface area (Å²) >= 11 is 0. The Morgan fingerprint density at radius 3 is 2.69 bits per heavy atom. The van der Waals surface area contributed by atoms with Crippen LogP contribution in [0, 0.1) is 45.8 Å². The van der Waals surface area contributed by atoms with E-state index in [9.17, 15) is 4.79 Å². The molecule has 4 aliphatic rings. The Hall–Kier alpha value is -1.34. The molecule has 1 heterocycles. The second-order valence-corrected chi connectivity index (χ2v) is 11.9. The first kappa shape index (κ1) is 23.8. The van der Waals surface area contributed by atoms with Gasteiger partial charge in [0.25, 0.3) is 0 Å². The highest BCUT2D eigenvalue weighted by Gasteiger charge is 2.60. The van der Waals surface area contributed by atoms with Crippen LogP contribution in [0.4, 0.5) is 0 Å². The molecule has 8 unspecified atom stereocenters. The number of carbonyl (C=O) groups excluding carboxylic acids is 1. The molecule has 0 bridgehead atoms. The van der Waals surface area contributed by atoms with Crippen LogP contribution in [0.1, 0.15) is 85.5 Å². The molecule has 1 saturated heterocycles. The van der Waals surface area contributed by atoms with Crippen molar-refractivity contribution in [2.24, 2.45) is 34.5 Å². The quantitative estimate of drug-likeness (QED) is 0.532. The number of amides is 1. The van der Waals surface area contributed by atoms with Gasteiger partial charge in [0.1, 0.15) is 0 Å². The molecular formula is C28H45N3O. The second-order valence-electron chi connectivity index (χ2n) is 11.9. The molecule has 4 rings (SSSR count). The minimum absolute atomic E-state index is 0.133. The van der Waals surface area contributed by atoms with Crippen molar-refractivity contribution in [2.75, 3.05) is 20.6 Å². The third-order valence-electron chi connectivity index (χ3n) is 11.0. The molecule has 4 nitrogen and oxygen atoms in total. The van der Waals surface area contributed by atoms with Crippen molar-refractivity contribution in [3.63, 3.8) is 0 Å². The lowest BCUT2D eigenvalue weighted by Crippen LogP contribution is -2.54. The van der Waals surface area contributed by atoms with Crippen LogP contribution in [-0.4, -0.2) is 48.4 Å². The van der Waals surface area contributed by atoms with Gasteiger partial charge in [-0.1, -0.05) is 38.8 Å². The molecule has 3 fully saturated rings. The summed E-state index contributed by atoms with van der Waals surface area (Å²) in [5.41, 5.74) is 2.44. The molecule has 0 N–H and O–H groups in total. The Balaban J connectivity index is 1.54. The Labute approximate surface area is 196 Å². The van der Waals surface area contributed by atoms with Crippen LogP contribution in [-0.2, 0) is 4.79 Å². The van der Waals surface area contributed by atoms with Gasteiger partial charge in [-0.2, -0.15) is 5.26 Å². The smallest absolute Gasteiger partial charge is 0.223 e. The third kappa shape index (κ3) is 3.54. The first-order chi connectivity index (χ1) is 15.2. The van der Waals surface area contributed by atoms with Crippen molar-refractivity contribution in [1.29, 1.82) is 5.26 Å². The maximum atomic E-state index is 12.5. The van der Waals surface area contributed by atoms with Crippen molar-refractivity contribution in [3.05, 3.63) is 11.6 Å². The average Bonchev–Trinajstić information content (AvgIpc) is 3.00. The third-order valence-corrected chi connectivity index (χ3v) is 11.0. The van der Waals surface area contributed by atoms with Gasteiger partial charge in [0.05, 0.1) is 6.07 Å². The fourth-order valence-electron chi connectivity index (χ4n) is 8.84. The Bertz CT molecular complexity index is 799. The predicted molar refractivity (Wildman–Crippen MR) is 130 cm³/mol. The van der Waals surface area contributed by atoms with E-state index in [0.717, 1.165) is 36.5 Å². The van der Waals surface area contributed by atoms with Gasteiger partial charge < -0.3 is 9.80 Å². The van der Waals surface area contributed by atoms with E-state index in [1.54, 1.807) is 5.57 Å². The standard InChI is InChI=1S/C28H45N3O/c1-7-24-23-11-10-21-17-22(31(6)26(32)9-8-16-29)12-14-27(21,4)25(23)13-15-28(24)18-30(5)20(3)19(28)2/h10,19-20,22-25H,7-9,11-15,17-18H2,1-6H3. The van der Waals surface area contributed by atoms with Crippen LogP contribution >= 0.6 is 0 Å². The normalized spacial score (nSPS) is 43.8. The van der Waals surface area contributed by atoms with Gasteiger partial charge in [-0.15, -0.1) is 0 Å². The Morgan fingerprint density at radius 1 is 1.31 bits per heavy atom. The Kier molecular flexibility index (Phi) is 6.54. The van der Waals surface area contributed by atoms with E-state index < -0.39 is 0 Å². The molecule has 2 saturated carbocycles. The number of hydrogen-bond donors (Lipinski definition) is 0. The van der Waals surface area contributed by atoms with Crippen molar-refractivity contribution in [2.45, 2.75) is 97.6 Å². The lowest BCUT2D eigenvalue weighted by molar-refractivity contribution is -0.133.